The van der Waals surface area contributed by atoms with Crippen molar-refractivity contribution in [1.82, 2.24) is 15.0 Å². The van der Waals surface area contributed by atoms with Crippen molar-refractivity contribution in [2.75, 3.05) is 0 Å². The second-order valence-corrected chi connectivity index (χ2v) is 7.12. The van der Waals surface area contributed by atoms with E-state index in [1.165, 1.54) is 4.80 Å². The molecule has 0 radical (unpaired) electrons. The highest BCUT2D eigenvalue weighted by atomic mass is 16.5. The number of aryl methyl sites for hydroxylation is 1. The van der Waals surface area contributed by atoms with Crippen molar-refractivity contribution in [3.63, 3.8) is 0 Å². The number of fused-ring (bicyclic) bond motifs is 1. The van der Waals surface area contributed by atoms with Gasteiger partial charge in [0.15, 0.2) is 5.75 Å². The molecule has 0 aliphatic rings. The lowest BCUT2D eigenvalue weighted by Crippen LogP contribution is -2.19. The number of phenolic OH excluding ortho intramolecular Hbond substituents is 1. The molecule has 134 valence electrons. The Morgan fingerprint density at radius 1 is 1.23 bits per heavy atom. The van der Waals surface area contributed by atoms with Gasteiger partial charge in [0.2, 0.25) is 0 Å². The molecule has 3 aromatic rings. The van der Waals surface area contributed by atoms with Gasteiger partial charge in [0, 0.05) is 11.6 Å². The predicted molar refractivity (Wildman–Crippen MR) is 99.8 cm³/mol. The van der Waals surface area contributed by atoms with Crippen LogP contribution in [0.5, 0.6) is 11.5 Å². The zero-order chi connectivity index (χ0) is 19.1. The molecule has 0 atom stereocenters. The Bertz CT molecular complexity index is 980. The second kappa shape index (κ2) is 6.29. The third-order valence-electron chi connectivity index (χ3n) is 4.04. The standard InChI is InChI=1S/C20H21N3O3/c1-6-16(24)26-15-11-12(2)19(25)17(20(3,4)5)18(15)23-21-13-9-7-8-10-14(13)22-23/h6-11,25H,1H2,2-5H3. The van der Waals surface area contributed by atoms with Crippen molar-refractivity contribution in [3.8, 4) is 17.2 Å². The van der Waals surface area contributed by atoms with Crippen LogP contribution >= 0.6 is 0 Å². The van der Waals surface area contributed by atoms with Crippen molar-refractivity contribution in [2.24, 2.45) is 0 Å². The number of rotatable bonds is 3. The molecule has 3 rings (SSSR count). The molecule has 1 heterocycles. The number of carbonyl (C=O) groups excluding carboxylic acids is 1. The fraction of sp³-hybridized carbons (Fsp3) is 0.250. The Morgan fingerprint density at radius 3 is 2.31 bits per heavy atom. The van der Waals surface area contributed by atoms with Crippen LogP contribution in [0.3, 0.4) is 0 Å². The van der Waals surface area contributed by atoms with Crippen LogP contribution in [-0.2, 0) is 10.2 Å². The number of benzene rings is 2. The molecule has 0 spiro atoms. The monoisotopic (exact) mass is 351 g/mol. The zero-order valence-corrected chi connectivity index (χ0v) is 15.3. The highest BCUT2D eigenvalue weighted by molar-refractivity contribution is 5.84. The normalized spacial score (nSPS) is 11.5. The smallest absolute Gasteiger partial charge is 0.335 e. The van der Waals surface area contributed by atoms with Gasteiger partial charge in [0.1, 0.15) is 22.5 Å². The zero-order valence-electron chi connectivity index (χ0n) is 15.3. The number of aromatic hydroxyl groups is 1. The third-order valence-corrected chi connectivity index (χ3v) is 4.04. The summed E-state index contributed by atoms with van der Waals surface area (Å²) in [7, 11) is 0. The van der Waals surface area contributed by atoms with Crippen molar-refractivity contribution in [1.29, 1.82) is 0 Å². The van der Waals surface area contributed by atoms with Gasteiger partial charge in [-0.15, -0.1) is 15.0 Å². The van der Waals surface area contributed by atoms with Crippen LogP contribution in [0.25, 0.3) is 16.7 Å². The van der Waals surface area contributed by atoms with Crippen molar-refractivity contribution >= 4 is 17.0 Å². The lowest BCUT2D eigenvalue weighted by Gasteiger charge is -2.26. The number of hydrogen-bond donors (Lipinski definition) is 1. The van der Waals surface area contributed by atoms with Crippen LogP contribution in [-0.4, -0.2) is 26.1 Å². The maximum atomic E-state index is 11.8. The molecule has 2 aromatic carbocycles. The van der Waals surface area contributed by atoms with E-state index < -0.39 is 11.4 Å². The molecule has 0 aliphatic heterocycles. The third kappa shape index (κ3) is 3.06. The number of hydrogen-bond acceptors (Lipinski definition) is 5. The molecule has 6 nitrogen and oxygen atoms in total. The molecular formula is C20H21N3O3. The van der Waals surface area contributed by atoms with E-state index in [9.17, 15) is 9.90 Å². The average Bonchev–Trinajstić information content (AvgIpc) is 2.99. The summed E-state index contributed by atoms with van der Waals surface area (Å²) in [5, 5.41) is 19.7. The lowest BCUT2D eigenvalue weighted by atomic mass is 9.83. The lowest BCUT2D eigenvalue weighted by molar-refractivity contribution is -0.128. The molecule has 0 bridgehead atoms. The van der Waals surface area contributed by atoms with Crippen LogP contribution < -0.4 is 4.74 Å². The van der Waals surface area contributed by atoms with Crippen LogP contribution in [0.15, 0.2) is 43.0 Å². The largest absolute Gasteiger partial charge is 0.507 e. The number of esters is 1. The van der Waals surface area contributed by atoms with Gasteiger partial charge in [0.05, 0.1) is 0 Å². The molecule has 0 unspecified atom stereocenters. The fourth-order valence-electron chi connectivity index (χ4n) is 2.86. The molecule has 1 N–H and O–H groups in total. The quantitative estimate of drug-likeness (QED) is 0.441. The SMILES string of the molecule is C=CC(=O)Oc1cc(C)c(O)c(C(C)(C)C)c1-n1nc2ccccc2n1. The van der Waals surface area contributed by atoms with Crippen molar-refractivity contribution in [3.05, 3.63) is 54.1 Å². The number of aromatic nitrogens is 3. The maximum Gasteiger partial charge on any atom is 0.335 e. The van der Waals surface area contributed by atoms with E-state index >= 15 is 0 Å². The summed E-state index contributed by atoms with van der Waals surface area (Å²) in [6.45, 7) is 11.1. The van der Waals surface area contributed by atoms with Crippen molar-refractivity contribution in [2.45, 2.75) is 33.1 Å². The van der Waals surface area contributed by atoms with Gasteiger partial charge < -0.3 is 9.84 Å². The van der Waals surface area contributed by atoms with E-state index in [2.05, 4.69) is 16.8 Å². The Balaban J connectivity index is 2.37. The average molecular weight is 351 g/mol. The molecule has 0 amide bonds. The van der Waals surface area contributed by atoms with Gasteiger partial charge in [-0.1, -0.05) is 39.5 Å². The summed E-state index contributed by atoms with van der Waals surface area (Å²) in [6, 6.07) is 9.04. The Kier molecular flexibility index (Phi) is 4.28. The molecular weight excluding hydrogens is 330 g/mol. The van der Waals surface area contributed by atoms with Gasteiger partial charge in [0.25, 0.3) is 0 Å². The van der Waals surface area contributed by atoms with E-state index in [0.717, 1.165) is 6.08 Å². The topological polar surface area (TPSA) is 77.2 Å². The summed E-state index contributed by atoms with van der Waals surface area (Å²) >= 11 is 0. The number of nitrogens with zero attached hydrogens (tertiary/aromatic N) is 3. The van der Waals surface area contributed by atoms with Gasteiger partial charge in [-0.05, 0) is 36.1 Å². The van der Waals surface area contributed by atoms with Crippen molar-refractivity contribution < 1.29 is 14.6 Å². The van der Waals surface area contributed by atoms with Gasteiger partial charge in [-0.25, -0.2) is 4.79 Å². The molecule has 26 heavy (non-hydrogen) atoms. The van der Waals surface area contributed by atoms with Gasteiger partial charge in [-0.3, -0.25) is 0 Å². The number of phenols is 1. The fourth-order valence-corrected chi connectivity index (χ4v) is 2.86. The minimum atomic E-state index is -0.590. The predicted octanol–water partition coefficient (Wildman–Crippen LogP) is 3.82. The summed E-state index contributed by atoms with van der Waals surface area (Å²) in [4.78, 5) is 13.3. The minimum absolute atomic E-state index is 0.132. The molecule has 0 aliphatic carbocycles. The summed E-state index contributed by atoms with van der Waals surface area (Å²) in [5.74, 6) is -0.185. The van der Waals surface area contributed by atoms with E-state index in [4.69, 9.17) is 4.74 Å². The Hall–Kier alpha value is -3.15. The van der Waals surface area contributed by atoms with Gasteiger partial charge >= 0.3 is 5.97 Å². The first kappa shape index (κ1) is 17.7. The Morgan fingerprint density at radius 2 is 1.81 bits per heavy atom. The number of ether oxygens (including phenoxy) is 1. The highest BCUT2D eigenvalue weighted by Crippen LogP contribution is 2.42. The van der Waals surface area contributed by atoms with Crippen LogP contribution in [0.1, 0.15) is 31.9 Å². The van der Waals surface area contributed by atoms with E-state index in [1.807, 2.05) is 45.0 Å². The van der Waals surface area contributed by atoms with Gasteiger partial charge in [-0.2, -0.15) is 0 Å². The first-order chi connectivity index (χ1) is 12.2. The highest BCUT2D eigenvalue weighted by Gasteiger charge is 2.29. The summed E-state index contributed by atoms with van der Waals surface area (Å²) in [5.41, 5.74) is 2.60. The molecule has 6 heteroatoms. The molecule has 0 fully saturated rings. The summed E-state index contributed by atoms with van der Waals surface area (Å²) < 4.78 is 5.45. The molecule has 0 saturated heterocycles. The summed E-state index contributed by atoms with van der Waals surface area (Å²) in [6.07, 6.45) is 1.09. The van der Waals surface area contributed by atoms with E-state index in [-0.39, 0.29) is 11.5 Å². The Labute approximate surface area is 151 Å². The van der Waals surface area contributed by atoms with Crippen LogP contribution in [0.2, 0.25) is 0 Å². The van der Waals surface area contributed by atoms with Crippen LogP contribution in [0, 0.1) is 6.92 Å². The van der Waals surface area contributed by atoms with Crippen LogP contribution in [0.4, 0.5) is 0 Å². The molecule has 1 aromatic heterocycles. The first-order valence-corrected chi connectivity index (χ1v) is 8.26. The minimum Gasteiger partial charge on any atom is -0.507 e. The second-order valence-electron chi connectivity index (χ2n) is 7.12. The number of carbonyl (C=O) groups is 1. The van der Waals surface area contributed by atoms with E-state index in [1.54, 1.807) is 13.0 Å². The molecule has 0 saturated carbocycles. The van der Waals surface area contributed by atoms with E-state index in [0.29, 0.717) is 27.8 Å². The first-order valence-electron chi connectivity index (χ1n) is 8.26. The maximum absolute atomic E-state index is 11.8.